The molecule has 0 saturated heterocycles. The summed E-state index contributed by atoms with van der Waals surface area (Å²) in [6.45, 7) is 3.97. The molecule has 18 heavy (non-hydrogen) atoms. The molecular formula is C12H10BrClN2OS. The third-order valence-corrected chi connectivity index (χ3v) is 4.33. The lowest BCUT2D eigenvalue weighted by Gasteiger charge is -2.05. The Labute approximate surface area is 122 Å². The van der Waals surface area contributed by atoms with Crippen molar-refractivity contribution in [1.29, 1.82) is 0 Å². The quantitative estimate of drug-likeness (QED) is 0.818. The van der Waals surface area contributed by atoms with E-state index < -0.39 is 0 Å². The standard InChI is InChI=1S/C12H10BrClN2OS/c1-6-3-10(18-7(6)2)12(17)16-9-4-8(13)5-15-11(9)14/h3-5H,1-2H3,(H,16,17). The number of carbonyl (C=O) groups excluding carboxylic acids is 1. The van der Waals surface area contributed by atoms with E-state index in [9.17, 15) is 4.79 Å². The van der Waals surface area contributed by atoms with Crippen molar-refractivity contribution in [2.24, 2.45) is 0 Å². The maximum atomic E-state index is 12.0. The topological polar surface area (TPSA) is 42.0 Å². The number of nitrogens with one attached hydrogen (secondary N) is 1. The molecule has 2 aromatic heterocycles. The van der Waals surface area contributed by atoms with Gasteiger partial charge >= 0.3 is 0 Å². The Bertz CT molecular complexity index is 593. The van der Waals surface area contributed by atoms with Crippen LogP contribution >= 0.6 is 38.9 Å². The first-order chi connectivity index (χ1) is 8.47. The van der Waals surface area contributed by atoms with Gasteiger partial charge in [0.1, 0.15) is 0 Å². The zero-order valence-electron chi connectivity index (χ0n) is 9.75. The Kier molecular flexibility index (Phi) is 4.04. The lowest BCUT2D eigenvalue weighted by atomic mass is 10.3. The maximum absolute atomic E-state index is 12.0. The molecule has 94 valence electrons. The number of amides is 1. The van der Waals surface area contributed by atoms with Crippen LogP contribution in [0.2, 0.25) is 5.15 Å². The van der Waals surface area contributed by atoms with Crippen molar-refractivity contribution in [2.45, 2.75) is 13.8 Å². The number of nitrogens with zero attached hydrogens (tertiary/aromatic N) is 1. The molecule has 0 aliphatic heterocycles. The summed E-state index contributed by atoms with van der Waals surface area (Å²) in [7, 11) is 0. The second-order valence-corrected chi connectivity index (χ2v) is 6.33. The highest BCUT2D eigenvalue weighted by Crippen LogP contribution is 2.25. The molecular weight excluding hydrogens is 336 g/mol. The van der Waals surface area contributed by atoms with Crippen LogP contribution in [0.3, 0.4) is 0 Å². The Hall–Kier alpha value is -0.910. The molecule has 3 nitrogen and oxygen atoms in total. The van der Waals surface area contributed by atoms with Crippen molar-refractivity contribution >= 4 is 50.5 Å². The average Bonchev–Trinajstić information content (AvgIpc) is 2.64. The van der Waals surface area contributed by atoms with Crippen molar-refractivity contribution in [3.05, 3.63) is 43.3 Å². The van der Waals surface area contributed by atoms with E-state index in [4.69, 9.17) is 11.6 Å². The summed E-state index contributed by atoms with van der Waals surface area (Å²) >= 11 is 10.7. The molecule has 0 aromatic carbocycles. The number of carbonyl (C=O) groups is 1. The number of rotatable bonds is 2. The minimum absolute atomic E-state index is 0.169. The van der Waals surface area contributed by atoms with Crippen LogP contribution in [-0.2, 0) is 0 Å². The van der Waals surface area contributed by atoms with Gasteiger partial charge in [-0.05, 0) is 47.5 Å². The largest absolute Gasteiger partial charge is 0.319 e. The summed E-state index contributed by atoms with van der Waals surface area (Å²) in [4.78, 5) is 17.8. The number of thiophene rings is 1. The van der Waals surface area contributed by atoms with Gasteiger partial charge in [-0.3, -0.25) is 4.79 Å². The minimum Gasteiger partial charge on any atom is -0.319 e. The summed E-state index contributed by atoms with van der Waals surface area (Å²) in [5.41, 5.74) is 1.61. The maximum Gasteiger partial charge on any atom is 0.265 e. The highest BCUT2D eigenvalue weighted by atomic mass is 79.9. The molecule has 2 heterocycles. The van der Waals surface area contributed by atoms with Crippen molar-refractivity contribution in [3.63, 3.8) is 0 Å². The molecule has 1 N–H and O–H groups in total. The Morgan fingerprint density at radius 3 is 2.78 bits per heavy atom. The van der Waals surface area contributed by atoms with Crippen LogP contribution in [0.15, 0.2) is 22.8 Å². The van der Waals surface area contributed by atoms with Gasteiger partial charge in [0, 0.05) is 15.5 Å². The van der Waals surface area contributed by atoms with E-state index in [2.05, 4.69) is 26.2 Å². The van der Waals surface area contributed by atoms with E-state index in [0.29, 0.717) is 10.6 Å². The van der Waals surface area contributed by atoms with Crippen LogP contribution in [0, 0.1) is 13.8 Å². The van der Waals surface area contributed by atoms with Gasteiger partial charge in [-0.15, -0.1) is 11.3 Å². The molecule has 0 radical (unpaired) electrons. The SMILES string of the molecule is Cc1cc(C(=O)Nc2cc(Br)cnc2Cl)sc1C. The highest BCUT2D eigenvalue weighted by Gasteiger charge is 2.12. The smallest absolute Gasteiger partial charge is 0.265 e. The molecule has 0 spiro atoms. The zero-order chi connectivity index (χ0) is 13.3. The second-order valence-electron chi connectivity index (χ2n) is 3.80. The Morgan fingerprint density at radius 1 is 1.44 bits per heavy atom. The van der Waals surface area contributed by atoms with Crippen LogP contribution in [0.4, 0.5) is 5.69 Å². The summed E-state index contributed by atoms with van der Waals surface area (Å²) in [5.74, 6) is -0.169. The lowest BCUT2D eigenvalue weighted by molar-refractivity contribution is 0.103. The van der Waals surface area contributed by atoms with E-state index in [1.165, 1.54) is 11.3 Å². The van der Waals surface area contributed by atoms with Gasteiger partial charge in [-0.2, -0.15) is 0 Å². The Morgan fingerprint density at radius 2 is 2.17 bits per heavy atom. The van der Waals surface area contributed by atoms with Crippen LogP contribution in [-0.4, -0.2) is 10.9 Å². The van der Waals surface area contributed by atoms with Gasteiger partial charge in [-0.25, -0.2) is 4.98 Å². The fourth-order valence-corrected chi connectivity index (χ4v) is 2.79. The number of aryl methyl sites for hydroxylation is 2. The van der Waals surface area contributed by atoms with Gasteiger partial charge in [0.2, 0.25) is 0 Å². The van der Waals surface area contributed by atoms with E-state index in [0.717, 1.165) is 14.9 Å². The summed E-state index contributed by atoms with van der Waals surface area (Å²) in [5, 5.41) is 3.03. The van der Waals surface area contributed by atoms with Crippen LogP contribution < -0.4 is 5.32 Å². The first-order valence-corrected chi connectivity index (χ1v) is 7.15. The molecule has 0 bridgehead atoms. The van der Waals surface area contributed by atoms with Crippen molar-refractivity contribution < 1.29 is 4.79 Å². The number of anilines is 1. The summed E-state index contributed by atoms with van der Waals surface area (Å²) in [6.07, 6.45) is 1.58. The normalized spacial score (nSPS) is 10.4. The van der Waals surface area contributed by atoms with Gasteiger partial charge in [0.15, 0.2) is 5.15 Å². The molecule has 1 amide bonds. The number of hydrogen-bond acceptors (Lipinski definition) is 3. The van der Waals surface area contributed by atoms with Crippen molar-refractivity contribution in [3.8, 4) is 0 Å². The van der Waals surface area contributed by atoms with Gasteiger partial charge in [0.05, 0.1) is 10.6 Å². The van der Waals surface area contributed by atoms with E-state index in [1.54, 1.807) is 12.3 Å². The van der Waals surface area contributed by atoms with Gasteiger partial charge in [-0.1, -0.05) is 11.6 Å². The molecule has 0 aliphatic carbocycles. The fourth-order valence-electron chi connectivity index (χ4n) is 1.38. The summed E-state index contributed by atoms with van der Waals surface area (Å²) in [6, 6.07) is 3.59. The van der Waals surface area contributed by atoms with Crippen LogP contribution in [0.1, 0.15) is 20.1 Å². The van der Waals surface area contributed by atoms with E-state index in [-0.39, 0.29) is 11.1 Å². The molecule has 0 aliphatic rings. The molecule has 2 aromatic rings. The first kappa shape index (κ1) is 13.5. The summed E-state index contributed by atoms with van der Waals surface area (Å²) < 4.78 is 0.765. The average molecular weight is 346 g/mol. The Balaban J connectivity index is 2.23. The zero-order valence-corrected chi connectivity index (χ0v) is 12.9. The predicted octanol–water partition coefficient (Wildman–Crippen LogP) is 4.43. The predicted molar refractivity (Wildman–Crippen MR) is 78.7 cm³/mol. The lowest BCUT2D eigenvalue weighted by Crippen LogP contribution is -2.10. The number of halogens is 2. The van der Waals surface area contributed by atoms with Gasteiger partial charge in [0.25, 0.3) is 5.91 Å². The van der Waals surface area contributed by atoms with Crippen molar-refractivity contribution in [2.75, 3.05) is 5.32 Å². The number of pyridine rings is 1. The third-order valence-electron chi connectivity index (χ3n) is 2.44. The van der Waals surface area contributed by atoms with Crippen LogP contribution in [0.25, 0.3) is 0 Å². The molecule has 0 atom stereocenters. The third kappa shape index (κ3) is 2.91. The molecule has 2 rings (SSSR count). The van der Waals surface area contributed by atoms with E-state index >= 15 is 0 Å². The van der Waals surface area contributed by atoms with E-state index in [1.807, 2.05) is 19.9 Å². The molecule has 0 unspecified atom stereocenters. The fraction of sp³-hybridized carbons (Fsp3) is 0.167. The second kappa shape index (κ2) is 5.38. The van der Waals surface area contributed by atoms with Gasteiger partial charge < -0.3 is 5.32 Å². The highest BCUT2D eigenvalue weighted by molar-refractivity contribution is 9.10. The number of hydrogen-bond donors (Lipinski definition) is 1. The molecule has 0 saturated carbocycles. The van der Waals surface area contributed by atoms with Crippen LogP contribution in [0.5, 0.6) is 0 Å². The molecule has 0 fully saturated rings. The first-order valence-electron chi connectivity index (χ1n) is 5.17. The van der Waals surface area contributed by atoms with Crippen molar-refractivity contribution in [1.82, 2.24) is 4.98 Å². The monoisotopic (exact) mass is 344 g/mol. The number of aromatic nitrogens is 1. The molecule has 6 heteroatoms. The minimum atomic E-state index is -0.169.